The first kappa shape index (κ1) is 20.3. The highest BCUT2D eigenvalue weighted by molar-refractivity contribution is 8.00. The number of thioether (sulfide) groups is 1. The highest BCUT2D eigenvalue weighted by Crippen LogP contribution is 2.42. The Kier molecular flexibility index (Phi) is 5.97. The summed E-state index contributed by atoms with van der Waals surface area (Å²) in [6.07, 6.45) is 0. The zero-order chi connectivity index (χ0) is 21.1. The number of ether oxygens (including phenoxy) is 1. The number of benzene rings is 3. The van der Waals surface area contributed by atoms with Crippen molar-refractivity contribution >= 4 is 46.6 Å². The van der Waals surface area contributed by atoms with Crippen molar-refractivity contribution in [3.8, 4) is 5.75 Å². The van der Waals surface area contributed by atoms with Gasteiger partial charge in [0.25, 0.3) is 5.91 Å². The Bertz CT molecular complexity index is 1070. The van der Waals surface area contributed by atoms with Crippen LogP contribution in [0.5, 0.6) is 5.75 Å². The number of hydrogen-bond acceptors (Lipinski definition) is 4. The number of methoxy groups -OCH3 is 1. The molecule has 3 aromatic carbocycles. The van der Waals surface area contributed by atoms with Crippen molar-refractivity contribution in [1.82, 2.24) is 0 Å². The summed E-state index contributed by atoms with van der Waals surface area (Å²) in [7, 11) is 1.61. The van der Waals surface area contributed by atoms with Crippen LogP contribution < -0.4 is 15.0 Å². The Morgan fingerprint density at radius 2 is 1.83 bits per heavy atom. The highest BCUT2D eigenvalue weighted by Gasteiger charge is 2.34. The van der Waals surface area contributed by atoms with Gasteiger partial charge in [-0.05, 0) is 66.2 Å². The fourth-order valence-electron chi connectivity index (χ4n) is 3.27. The van der Waals surface area contributed by atoms with Crippen molar-refractivity contribution in [2.24, 2.45) is 0 Å². The maximum Gasteiger partial charge on any atom is 0.255 e. The molecule has 5 nitrogen and oxygen atoms in total. The molecule has 0 radical (unpaired) electrons. The van der Waals surface area contributed by atoms with Gasteiger partial charge in [0, 0.05) is 22.0 Å². The van der Waals surface area contributed by atoms with Gasteiger partial charge in [0.1, 0.15) is 11.1 Å². The predicted molar refractivity (Wildman–Crippen MR) is 122 cm³/mol. The lowest BCUT2D eigenvalue weighted by molar-refractivity contribution is -0.115. The molecule has 0 aliphatic carbocycles. The maximum absolute atomic E-state index is 12.6. The van der Waals surface area contributed by atoms with E-state index < -0.39 is 0 Å². The fraction of sp³-hybridized carbons (Fsp3) is 0.130. The van der Waals surface area contributed by atoms with Gasteiger partial charge in [0.15, 0.2) is 0 Å². The average Bonchev–Trinajstić information content (AvgIpc) is 3.16. The molecular weight excluding hydrogens is 420 g/mol. The number of carbonyl (C=O) groups excluding carboxylic acids is 2. The van der Waals surface area contributed by atoms with Crippen LogP contribution in [0.25, 0.3) is 0 Å². The van der Waals surface area contributed by atoms with Gasteiger partial charge in [0.2, 0.25) is 5.91 Å². The van der Waals surface area contributed by atoms with Crippen LogP contribution in [-0.4, -0.2) is 24.7 Å². The molecule has 1 fully saturated rings. The molecule has 0 unspecified atom stereocenters. The molecule has 3 aromatic rings. The molecule has 4 rings (SSSR count). The third-order valence-corrected chi connectivity index (χ3v) is 6.22. The van der Waals surface area contributed by atoms with E-state index in [0.29, 0.717) is 22.0 Å². The molecule has 0 saturated carbocycles. The number of hydrogen-bond donors (Lipinski definition) is 1. The summed E-state index contributed by atoms with van der Waals surface area (Å²) in [5, 5.41) is 3.32. The van der Waals surface area contributed by atoms with Crippen LogP contribution in [0.3, 0.4) is 0 Å². The second-order valence-electron chi connectivity index (χ2n) is 6.71. The zero-order valence-corrected chi connectivity index (χ0v) is 17.7. The SMILES string of the molecule is COc1ccc(N2C(=O)CS[C@@H]2c2cccc(NC(=O)c3ccc(Cl)cc3)c2)cc1. The monoisotopic (exact) mass is 438 g/mol. The Balaban J connectivity index is 1.56. The van der Waals surface area contributed by atoms with Crippen LogP contribution in [-0.2, 0) is 4.79 Å². The van der Waals surface area contributed by atoms with Gasteiger partial charge in [-0.15, -0.1) is 11.8 Å². The van der Waals surface area contributed by atoms with Crippen molar-refractivity contribution < 1.29 is 14.3 Å². The van der Waals surface area contributed by atoms with Crippen LogP contribution in [0.2, 0.25) is 5.02 Å². The Hall–Kier alpha value is -2.96. The van der Waals surface area contributed by atoms with Crippen molar-refractivity contribution in [2.75, 3.05) is 23.1 Å². The molecular formula is C23H19ClN2O3S. The van der Waals surface area contributed by atoms with E-state index in [2.05, 4.69) is 5.32 Å². The summed E-state index contributed by atoms with van der Waals surface area (Å²) in [5.41, 5.74) is 2.94. The van der Waals surface area contributed by atoms with Gasteiger partial charge in [0.05, 0.1) is 12.9 Å². The van der Waals surface area contributed by atoms with E-state index in [1.165, 1.54) is 0 Å². The second-order valence-corrected chi connectivity index (χ2v) is 8.22. The quantitative estimate of drug-likeness (QED) is 0.581. The van der Waals surface area contributed by atoms with Gasteiger partial charge in [-0.1, -0.05) is 23.7 Å². The number of amides is 2. The number of rotatable bonds is 5. The van der Waals surface area contributed by atoms with Gasteiger partial charge in [-0.2, -0.15) is 0 Å². The predicted octanol–water partition coefficient (Wildman–Crippen LogP) is 5.38. The van der Waals surface area contributed by atoms with Crippen molar-refractivity contribution in [3.05, 3.63) is 88.9 Å². The number of nitrogens with one attached hydrogen (secondary N) is 1. The summed E-state index contributed by atoms with van der Waals surface area (Å²) < 4.78 is 5.21. The van der Waals surface area contributed by atoms with Crippen LogP contribution in [0.15, 0.2) is 72.8 Å². The lowest BCUT2D eigenvalue weighted by atomic mass is 10.1. The van der Waals surface area contributed by atoms with Crippen LogP contribution in [0.1, 0.15) is 21.3 Å². The minimum atomic E-state index is -0.217. The summed E-state index contributed by atoms with van der Waals surface area (Å²) in [4.78, 5) is 26.9. The Morgan fingerprint density at radius 1 is 1.10 bits per heavy atom. The molecule has 30 heavy (non-hydrogen) atoms. The first-order valence-electron chi connectivity index (χ1n) is 9.30. The standard InChI is InChI=1S/C23H19ClN2O3S/c1-29-20-11-9-19(10-12-20)26-21(27)14-30-23(26)16-3-2-4-18(13-16)25-22(28)15-5-7-17(24)8-6-15/h2-13,23H,14H2,1H3,(H,25,28)/t23-/m1/s1. The first-order valence-corrected chi connectivity index (χ1v) is 10.7. The summed E-state index contributed by atoms with van der Waals surface area (Å²) >= 11 is 7.45. The largest absolute Gasteiger partial charge is 0.497 e. The molecule has 0 aromatic heterocycles. The van der Waals surface area contributed by atoms with E-state index in [1.54, 1.807) is 48.0 Å². The van der Waals surface area contributed by atoms with E-state index >= 15 is 0 Å². The van der Waals surface area contributed by atoms with E-state index in [0.717, 1.165) is 17.0 Å². The molecule has 0 bridgehead atoms. The van der Waals surface area contributed by atoms with Crippen LogP contribution >= 0.6 is 23.4 Å². The highest BCUT2D eigenvalue weighted by atomic mass is 35.5. The number of anilines is 2. The van der Waals surface area contributed by atoms with E-state index in [9.17, 15) is 9.59 Å². The fourth-order valence-corrected chi connectivity index (χ4v) is 4.56. The summed E-state index contributed by atoms with van der Waals surface area (Å²) in [6, 6.07) is 21.7. The number of carbonyl (C=O) groups is 2. The molecule has 1 aliphatic rings. The Morgan fingerprint density at radius 3 is 2.53 bits per heavy atom. The van der Waals surface area contributed by atoms with E-state index in [4.69, 9.17) is 16.3 Å². The zero-order valence-electron chi connectivity index (χ0n) is 16.2. The van der Waals surface area contributed by atoms with Gasteiger partial charge >= 0.3 is 0 Å². The smallest absolute Gasteiger partial charge is 0.255 e. The molecule has 152 valence electrons. The molecule has 1 atom stereocenters. The lowest BCUT2D eigenvalue weighted by Crippen LogP contribution is -2.27. The lowest BCUT2D eigenvalue weighted by Gasteiger charge is -2.25. The van der Waals surface area contributed by atoms with Crippen molar-refractivity contribution in [1.29, 1.82) is 0 Å². The molecule has 7 heteroatoms. The molecule has 1 saturated heterocycles. The average molecular weight is 439 g/mol. The molecule has 1 heterocycles. The summed E-state index contributed by atoms with van der Waals surface area (Å²) in [6.45, 7) is 0. The molecule has 1 N–H and O–H groups in total. The maximum atomic E-state index is 12.6. The molecule has 0 spiro atoms. The molecule has 1 aliphatic heterocycles. The van der Waals surface area contributed by atoms with E-state index in [-0.39, 0.29) is 17.2 Å². The first-order chi connectivity index (χ1) is 14.5. The Labute approximate surface area is 184 Å². The third-order valence-electron chi connectivity index (χ3n) is 4.75. The van der Waals surface area contributed by atoms with E-state index in [1.807, 2.05) is 48.5 Å². The minimum absolute atomic E-state index is 0.0470. The molecule has 2 amide bonds. The minimum Gasteiger partial charge on any atom is -0.497 e. The number of halogens is 1. The topological polar surface area (TPSA) is 58.6 Å². The number of nitrogens with zero attached hydrogens (tertiary/aromatic N) is 1. The van der Waals surface area contributed by atoms with Crippen LogP contribution in [0.4, 0.5) is 11.4 Å². The van der Waals surface area contributed by atoms with Crippen molar-refractivity contribution in [3.63, 3.8) is 0 Å². The normalized spacial score (nSPS) is 15.9. The third kappa shape index (κ3) is 4.30. The summed E-state index contributed by atoms with van der Waals surface area (Å²) in [5.74, 6) is 0.969. The van der Waals surface area contributed by atoms with Crippen molar-refractivity contribution in [2.45, 2.75) is 5.37 Å². The van der Waals surface area contributed by atoms with Gasteiger partial charge < -0.3 is 10.1 Å². The van der Waals surface area contributed by atoms with Gasteiger partial charge in [-0.25, -0.2) is 0 Å². The van der Waals surface area contributed by atoms with Gasteiger partial charge in [-0.3, -0.25) is 14.5 Å². The van der Waals surface area contributed by atoms with Crippen LogP contribution in [0, 0.1) is 0 Å². The second kappa shape index (κ2) is 8.81.